The molecule has 0 saturated carbocycles. The smallest absolute Gasteiger partial charge is 0.0154 e. The maximum absolute atomic E-state index is 6.23. The summed E-state index contributed by atoms with van der Waals surface area (Å²) in [6, 6.07) is 0. The number of hydrogen-bond donors (Lipinski definition) is 1. The van der Waals surface area contributed by atoms with Crippen LogP contribution < -0.4 is 5.73 Å². The lowest BCUT2D eigenvalue weighted by Gasteiger charge is -2.30. The SMILES string of the molecule is CC[C](CC)CC(N)(CC)CC. The molecule has 0 aliphatic carbocycles. The molecule has 12 heavy (non-hydrogen) atoms. The van der Waals surface area contributed by atoms with Gasteiger partial charge in [0.15, 0.2) is 0 Å². The second-order valence-corrected chi connectivity index (χ2v) is 3.70. The van der Waals surface area contributed by atoms with Crippen LogP contribution in [0, 0.1) is 5.92 Å². The quantitative estimate of drug-likeness (QED) is 0.650. The van der Waals surface area contributed by atoms with E-state index >= 15 is 0 Å². The molecule has 0 rings (SSSR count). The summed E-state index contributed by atoms with van der Waals surface area (Å²) < 4.78 is 0. The van der Waals surface area contributed by atoms with E-state index in [2.05, 4.69) is 27.7 Å². The largest absolute Gasteiger partial charge is 0.325 e. The van der Waals surface area contributed by atoms with Gasteiger partial charge in [-0.15, -0.1) is 0 Å². The van der Waals surface area contributed by atoms with Crippen molar-refractivity contribution in [3.05, 3.63) is 5.92 Å². The van der Waals surface area contributed by atoms with Crippen molar-refractivity contribution in [3.8, 4) is 0 Å². The highest BCUT2D eigenvalue weighted by Gasteiger charge is 2.23. The van der Waals surface area contributed by atoms with Crippen LogP contribution in [0.15, 0.2) is 0 Å². The molecule has 0 amide bonds. The van der Waals surface area contributed by atoms with Gasteiger partial charge in [-0.1, -0.05) is 27.7 Å². The molecule has 73 valence electrons. The minimum absolute atomic E-state index is 0.0708. The maximum Gasteiger partial charge on any atom is 0.0154 e. The Morgan fingerprint density at radius 3 is 1.67 bits per heavy atom. The Kier molecular flexibility index (Phi) is 5.56. The summed E-state index contributed by atoms with van der Waals surface area (Å²) in [4.78, 5) is 0. The molecular formula is C11H24N. The third-order valence-corrected chi connectivity index (χ3v) is 3.01. The van der Waals surface area contributed by atoms with Crippen LogP contribution >= 0.6 is 0 Å². The first-order valence-corrected chi connectivity index (χ1v) is 5.24. The van der Waals surface area contributed by atoms with Crippen molar-refractivity contribution in [2.45, 2.75) is 65.3 Å². The van der Waals surface area contributed by atoms with Crippen molar-refractivity contribution in [3.63, 3.8) is 0 Å². The van der Waals surface area contributed by atoms with E-state index in [0.29, 0.717) is 0 Å². The van der Waals surface area contributed by atoms with E-state index in [-0.39, 0.29) is 5.54 Å². The molecule has 0 heterocycles. The van der Waals surface area contributed by atoms with Gasteiger partial charge in [-0.05, 0) is 38.0 Å². The first kappa shape index (κ1) is 12.0. The summed E-state index contributed by atoms with van der Waals surface area (Å²) in [7, 11) is 0. The molecule has 0 aromatic carbocycles. The predicted octanol–water partition coefficient (Wildman–Crippen LogP) is 3.29. The Morgan fingerprint density at radius 1 is 1.00 bits per heavy atom. The average Bonchev–Trinajstić information content (AvgIpc) is 2.14. The van der Waals surface area contributed by atoms with Crippen LogP contribution in [0.3, 0.4) is 0 Å². The molecule has 0 aliphatic heterocycles. The second-order valence-electron chi connectivity index (χ2n) is 3.70. The van der Waals surface area contributed by atoms with E-state index in [9.17, 15) is 0 Å². The van der Waals surface area contributed by atoms with Crippen molar-refractivity contribution < 1.29 is 0 Å². The third kappa shape index (κ3) is 3.57. The third-order valence-electron chi connectivity index (χ3n) is 3.01. The Labute approximate surface area is 77.7 Å². The Morgan fingerprint density at radius 2 is 1.42 bits per heavy atom. The standard InChI is InChI=1S/C11H24N/c1-5-10(6-2)9-11(12,7-3)8-4/h5-9,12H2,1-4H3. The molecule has 1 nitrogen and oxygen atoms in total. The van der Waals surface area contributed by atoms with Gasteiger partial charge in [0, 0.05) is 5.54 Å². The van der Waals surface area contributed by atoms with Gasteiger partial charge in [0.1, 0.15) is 0 Å². The van der Waals surface area contributed by atoms with E-state index in [1.807, 2.05) is 0 Å². The van der Waals surface area contributed by atoms with Crippen molar-refractivity contribution in [1.82, 2.24) is 0 Å². The molecule has 0 bridgehead atoms. The van der Waals surface area contributed by atoms with Gasteiger partial charge in [0.2, 0.25) is 0 Å². The molecule has 0 atom stereocenters. The minimum atomic E-state index is 0.0708. The van der Waals surface area contributed by atoms with Crippen LogP contribution in [0.2, 0.25) is 0 Å². The molecule has 0 fully saturated rings. The molecular weight excluding hydrogens is 146 g/mol. The normalized spacial score (nSPS) is 12.5. The highest BCUT2D eigenvalue weighted by molar-refractivity contribution is 4.97. The zero-order chi connectivity index (χ0) is 9.61. The van der Waals surface area contributed by atoms with Gasteiger partial charge in [-0.3, -0.25) is 0 Å². The van der Waals surface area contributed by atoms with Crippen LogP contribution in [0.25, 0.3) is 0 Å². The highest BCUT2D eigenvalue weighted by atomic mass is 14.7. The number of rotatable bonds is 6. The summed E-state index contributed by atoms with van der Waals surface area (Å²) >= 11 is 0. The fraction of sp³-hybridized carbons (Fsp3) is 0.909. The van der Waals surface area contributed by atoms with Crippen LogP contribution in [0.5, 0.6) is 0 Å². The first-order valence-electron chi connectivity index (χ1n) is 5.24. The van der Waals surface area contributed by atoms with E-state index < -0.39 is 0 Å². The van der Waals surface area contributed by atoms with Gasteiger partial charge < -0.3 is 5.73 Å². The molecule has 0 aromatic rings. The van der Waals surface area contributed by atoms with E-state index in [4.69, 9.17) is 5.73 Å². The van der Waals surface area contributed by atoms with Crippen molar-refractivity contribution in [2.75, 3.05) is 0 Å². The van der Waals surface area contributed by atoms with Crippen molar-refractivity contribution >= 4 is 0 Å². The molecule has 1 radical (unpaired) electrons. The molecule has 0 aliphatic rings. The van der Waals surface area contributed by atoms with Crippen LogP contribution in [0.4, 0.5) is 0 Å². The van der Waals surface area contributed by atoms with Crippen LogP contribution in [0.1, 0.15) is 59.8 Å². The summed E-state index contributed by atoms with van der Waals surface area (Å²) in [5.74, 6) is 1.61. The molecule has 0 aromatic heterocycles. The average molecular weight is 170 g/mol. The first-order chi connectivity index (χ1) is 5.61. The fourth-order valence-electron chi connectivity index (χ4n) is 1.50. The lowest BCUT2D eigenvalue weighted by Crippen LogP contribution is -2.39. The van der Waals surface area contributed by atoms with Gasteiger partial charge in [-0.25, -0.2) is 0 Å². The number of nitrogens with two attached hydrogens (primary N) is 1. The lowest BCUT2D eigenvalue weighted by atomic mass is 9.82. The molecule has 0 spiro atoms. The molecule has 0 unspecified atom stereocenters. The Bertz CT molecular complexity index is 102. The maximum atomic E-state index is 6.23. The minimum Gasteiger partial charge on any atom is -0.325 e. The summed E-state index contributed by atoms with van der Waals surface area (Å²) in [5.41, 5.74) is 6.30. The lowest BCUT2D eigenvalue weighted by molar-refractivity contribution is 0.364. The predicted molar refractivity (Wildman–Crippen MR) is 55.9 cm³/mol. The van der Waals surface area contributed by atoms with Gasteiger partial charge in [-0.2, -0.15) is 0 Å². The van der Waals surface area contributed by atoms with E-state index in [1.54, 1.807) is 5.92 Å². The second kappa shape index (κ2) is 5.58. The Balaban J connectivity index is 3.99. The topological polar surface area (TPSA) is 26.0 Å². The highest BCUT2D eigenvalue weighted by Crippen LogP contribution is 2.26. The zero-order valence-corrected chi connectivity index (χ0v) is 9.11. The number of hydrogen-bond acceptors (Lipinski definition) is 1. The van der Waals surface area contributed by atoms with Gasteiger partial charge >= 0.3 is 0 Å². The van der Waals surface area contributed by atoms with Crippen LogP contribution in [-0.2, 0) is 0 Å². The fourth-order valence-corrected chi connectivity index (χ4v) is 1.50. The zero-order valence-electron chi connectivity index (χ0n) is 9.11. The molecule has 1 heteroatoms. The van der Waals surface area contributed by atoms with Crippen molar-refractivity contribution in [1.29, 1.82) is 0 Å². The monoisotopic (exact) mass is 170 g/mol. The van der Waals surface area contributed by atoms with Gasteiger partial charge in [0.05, 0.1) is 0 Å². The van der Waals surface area contributed by atoms with Gasteiger partial charge in [0.25, 0.3) is 0 Å². The summed E-state index contributed by atoms with van der Waals surface area (Å²) in [6.45, 7) is 8.83. The summed E-state index contributed by atoms with van der Waals surface area (Å²) in [6.07, 6.45) is 5.68. The van der Waals surface area contributed by atoms with Crippen molar-refractivity contribution in [2.24, 2.45) is 5.73 Å². The molecule has 0 saturated heterocycles. The Hall–Kier alpha value is -0.0400. The summed E-state index contributed by atoms with van der Waals surface area (Å²) in [5, 5.41) is 0. The van der Waals surface area contributed by atoms with E-state index in [0.717, 1.165) is 19.3 Å². The van der Waals surface area contributed by atoms with E-state index in [1.165, 1.54) is 12.8 Å². The van der Waals surface area contributed by atoms with Crippen LogP contribution in [-0.4, -0.2) is 5.54 Å². The molecule has 2 N–H and O–H groups in total.